The van der Waals surface area contributed by atoms with Crippen molar-refractivity contribution >= 4 is 5.97 Å². The van der Waals surface area contributed by atoms with Crippen LogP contribution in [0.5, 0.6) is 0 Å². The molecule has 0 aliphatic heterocycles. The fourth-order valence-corrected chi connectivity index (χ4v) is 2.10. The third kappa shape index (κ3) is 2.89. The molecule has 23 heavy (non-hydrogen) atoms. The van der Waals surface area contributed by atoms with Crippen LogP contribution in [0.25, 0.3) is 17.1 Å². The maximum Gasteiger partial charge on any atom is 0.345 e. The molecular formula is C16H14N4O3. The predicted molar refractivity (Wildman–Crippen MR) is 83.4 cm³/mol. The zero-order valence-electron chi connectivity index (χ0n) is 12.4. The maximum absolute atomic E-state index is 12.2. The molecule has 7 nitrogen and oxygen atoms in total. The number of benzene rings is 1. The van der Waals surface area contributed by atoms with Gasteiger partial charge in [0.05, 0.1) is 12.3 Å². The molecule has 3 rings (SSSR count). The topological polar surface area (TPSA) is 89.9 Å². The molecule has 2 aromatic heterocycles. The number of carbonyl (C=O) groups excluding carboxylic acids is 1. The number of H-pyrrole nitrogens is 1. The molecule has 0 saturated heterocycles. The molecule has 0 aliphatic rings. The Labute approximate surface area is 131 Å². The van der Waals surface area contributed by atoms with Crippen molar-refractivity contribution in [2.75, 3.05) is 6.61 Å². The molecule has 0 atom stereocenters. The van der Waals surface area contributed by atoms with E-state index in [9.17, 15) is 9.59 Å². The van der Waals surface area contributed by atoms with Gasteiger partial charge in [-0.2, -0.15) is 4.68 Å². The summed E-state index contributed by atoms with van der Waals surface area (Å²) in [4.78, 5) is 23.9. The first kappa shape index (κ1) is 14.7. The van der Waals surface area contributed by atoms with Crippen molar-refractivity contribution in [2.45, 2.75) is 6.92 Å². The van der Waals surface area contributed by atoms with Crippen molar-refractivity contribution in [3.8, 4) is 17.1 Å². The molecule has 0 amide bonds. The highest BCUT2D eigenvalue weighted by molar-refractivity contribution is 5.88. The van der Waals surface area contributed by atoms with Gasteiger partial charge in [-0.05, 0) is 19.1 Å². The molecule has 1 aromatic carbocycles. The van der Waals surface area contributed by atoms with Crippen molar-refractivity contribution in [1.82, 2.24) is 20.0 Å². The average Bonchev–Trinajstić information content (AvgIpc) is 2.98. The zero-order chi connectivity index (χ0) is 16.2. The number of aromatic amines is 1. The first-order chi connectivity index (χ1) is 11.2. The Morgan fingerprint density at radius 1 is 1.17 bits per heavy atom. The minimum Gasteiger partial charge on any atom is -0.462 e. The second-order valence-corrected chi connectivity index (χ2v) is 4.69. The molecule has 1 N–H and O–H groups in total. The Hall–Kier alpha value is -3.22. The van der Waals surface area contributed by atoms with E-state index >= 15 is 0 Å². The Balaban J connectivity index is 1.92. The van der Waals surface area contributed by atoms with Crippen molar-refractivity contribution in [3.63, 3.8) is 0 Å². The minimum absolute atomic E-state index is 0.0687. The van der Waals surface area contributed by atoms with E-state index in [4.69, 9.17) is 4.74 Å². The van der Waals surface area contributed by atoms with Gasteiger partial charge in [0, 0.05) is 11.8 Å². The number of rotatable bonds is 4. The summed E-state index contributed by atoms with van der Waals surface area (Å²) >= 11 is 0. The lowest BCUT2D eigenvalue weighted by atomic mass is 10.1. The standard InChI is InChI=1S/C16H14N4O3/c1-2-23-16(22)12-10-17-20(15(12)21)14-9-8-13(18-19-14)11-6-4-3-5-7-11/h3-10,17H,2H2,1H3. The SMILES string of the molecule is CCOC(=O)c1c[nH]n(-c2ccc(-c3ccccc3)nn2)c1=O. The Morgan fingerprint density at radius 2 is 1.96 bits per heavy atom. The third-order valence-electron chi connectivity index (χ3n) is 3.22. The van der Waals surface area contributed by atoms with E-state index in [1.807, 2.05) is 30.3 Å². The number of ether oxygens (including phenoxy) is 1. The van der Waals surface area contributed by atoms with Crippen LogP contribution in [-0.4, -0.2) is 32.6 Å². The van der Waals surface area contributed by atoms with Gasteiger partial charge < -0.3 is 4.74 Å². The predicted octanol–water partition coefficient (Wildman–Crippen LogP) is 1.80. The number of aromatic nitrogens is 4. The number of esters is 1. The Morgan fingerprint density at radius 3 is 2.61 bits per heavy atom. The molecule has 0 unspecified atom stereocenters. The van der Waals surface area contributed by atoms with Gasteiger partial charge in [0.15, 0.2) is 5.82 Å². The molecule has 0 radical (unpaired) electrons. The second kappa shape index (κ2) is 6.27. The van der Waals surface area contributed by atoms with Gasteiger partial charge in [-0.15, -0.1) is 10.2 Å². The van der Waals surface area contributed by atoms with Crippen molar-refractivity contribution in [2.24, 2.45) is 0 Å². The van der Waals surface area contributed by atoms with E-state index in [1.54, 1.807) is 19.1 Å². The van der Waals surface area contributed by atoms with Gasteiger partial charge in [-0.25, -0.2) is 4.79 Å². The summed E-state index contributed by atoms with van der Waals surface area (Å²) in [6, 6.07) is 13.0. The maximum atomic E-state index is 12.2. The molecule has 7 heteroatoms. The van der Waals surface area contributed by atoms with Crippen LogP contribution in [0.15, 0.2) is 53.5 Å². The highest BCUT2D eigenvalue weighted by atomic mass is 16.5. The van der Waals surface area contributed by atoms with Gasteiger partial charge in [-0.1, -0.05) is 30.3 Å². The van der Waals surface area contributed by atoms with Crippen LogP contribution in [0.4, 0.5) is 0 Å². The summed E-state index contributed by atoms with van der Waals surface area (Å²) in [6.45, 7) is 1.88. The largest absolute Gasteiger partial charge is 0.462 e. The minimum atomic E-state index is -0.665. The van der Waals surface area contributed by atoms with Crippen LogP contribution < -0.4 is 5.56 Å². The highest BCUT2D eigenvalue weighted by Gasteiger charge is 2.17. The lowest BCUT2D eigenvalue weighted by Crippen LogP contribution is -2.22. The van der Waals surface area contributed by atoms with E-state index < -0.39 is 11.5 Å². The number of carbonyl (C=O) groups is 1. The monoisotopic (exact) mass is 310 g/mol. The number of hydrogen-bond donors (Lipinski definition) is 1. The third-order valence-corrected chi connectivity index (χ3v) is 3.22. The van der Waals surface area contributed by atoms with Crippen LogP contribution >= 0.6 is 0 Å². The molecule has 0 bridgehead atoms. The Kier molecular flexibility index (Phi) is 4.01. The van der Waals surface area contributed by atoms with E-state index in [-0.39, 0.29) is 12.2 Å². The summed E-state index contributed by atoms with van der Waals surface area (Å²) in [5, 5.41) is 10.8. The summed E-state index contributed by atoms with van der Waals surface area (Å²) < 4.78 is 5.97. The fraction of sp³-hybridized carbons (Fsp3) is 0.125. The van der Waals surface area contributed by atoms with Gasteiger partial charge in [0.2, 0.25) is 0 Å². The Bertz CT molecular complexity index is 866. The van der Waals surface area contributed by atoms with E-state index in [1.165, 1.54) is 6.20 Å². The average molecular weight is 310 g/mol. The van der Waals surface area contributed by atoms with Crippen LogP contribution in [0.3, 0.4) is 0 Å². The van der Waals surface area contributed by atoms with Gasteiger partial charge >= 0.3 is 5.97 Å². The quantitative estimate of drug-likeness (QED) is 0.742. The zero-order valence-corrected chi connectivity index (χ0v) is 12.4. The first-order valence-electron chi connectivity index (χ1n) is 7.07. The van der Waals surface area contributed by atoms with Gasteiger partial charge in [0.25, 0.3) is 5.56 Å². The molecule has 0 spiro atoms. The highest BCUT2D eigenvalue weighted by Crippen LogP contribution is 2.15. The lowest BCUT2D eigenvalue weighted by molar-refractivity contribution is 0.0525. The first-order valence-corrected chi connectivity index (χ1v) is 7.07. The van der Waals surface area contributed by atoms with Crippen molar-refractivity contribution in [3.05, 3.63) is 64.6 Å². The molecular weight excluding hydrogens is 296 g/mol. The molecule has 116 valence electrons. The van der Waals surface area contributed by atoms with E-state index in [0.717, 1.165) is 10.2 Å². The number of nitrogens with zero attached hydrogens (tertiary/aromatic N) is 3. The van der Waals surface area contributed by atoms with Gasteiger partial charge in [-0.3, -0.25) is 9.89 Å². The van der Waals surface area contributed by atoms with E-state index in [0.29, 0.717) is 11.5 Å². The summed E-state index contributed by atoms with van der Waals surface area (Å²) in [7, 11) is 0. The fourth-order valence-electron chi connectivity index (χ4n) is 2.10. The molecule has 0 fully saturated rings. The molecule has 0 aliphatic carbocycles. The summed E-state index contributed by atoms with van der Waals surface area (Å²) in [5.74, 6) is -0.369. The molecule has 3 aromatic rings. The van der Waals surface area contributed by atoms with Crippen LogP contribution in [0.1, 0.15) is 17.3 Å². The normalized spacial score (nSPS) is 10.5. The molecule has 0 saturated carbocycles. The number of nitrogens with one attached hydrogen (secondary N) is 1. The van der Waals surface area contributed by atoms with Crippen LogP contribution in [-0.2, 0) is 4.74 Å². The van der Waals surface area contributed by atoms with Gasteiger partial charge in [0.1, 0.15) is 5.56 Å². The second-order valence-electron chi connectivity index (χ2n) is 4.69. The lowest BCUT2D eigenvalue weighted by Gasteiger charge is -2.02. The smallest absolute Gasteiger partial charge is 0.345 e. The molecule has 2 heterocycles. The van der Waals surface area contributed by atoms with E-state index in [2.05, 4.69) is 15.3 Å². The summed E-state index contributed by atoms with van der Waals surface area (Å²) in [6.07, 6.45) is 1.30. The summed E-state index contributed by atoms with van der Waals surface area (Å²) in [5.41, 5.74) is 1.03. The van der Waals surface area contributed by atoms with Crippen molar-refractivity contribution in [1.29, 1.82) is 0 Å². The van der Waals surface area contributed by atoms with Crippen molar-refractivity contribution < 1.29 is 9.53 Å². The van der Waals surface area contributed by atoms with Crippen LogP contribution in [0.2, 0.25) is 0 Å². The van der Waals surface area contributed by atoms with Crippen LogP contribution in [0, 0.1) is 0 Å². The number of hydrogen-bond acceptors (Lipinski definition) is 5.